The minimum absolute atomic E-state index is 0.00666. The second-order valence-corrected chi connectivity index (χ2v) is 29.5. The van der Waals surface area contributed by atoms with E-state index >= 15 is 0 Å². The number of esters is 4. The molecule has 17 nitrogen and oxygen atoms in total. The smallest absolute Gasteiger partial charge is 0.462 e. The lowest BCUT2D eigenvalue weighted by Crippen LogP contribution is -2.30. The number of hydrogen-bond donors (Lipinski definition) is 3. The number of hydrogen-bond acceptors (Lipinski definition) is 15. The zero-order chi connectivity index (χ0) is 78.9. The molecule has 108 heavy (non-hydrogen) atoms. The maximum atomic E-state index is 13.1. The quantitative estimate of drug-likeness (QED) is 0.0169. The van der Waals surface area contributed by atoms with Crippen LogP contribution < -0.4 is 0 Å². The number of carbonyl (C=O) groups is 4. The topological polar surface area (TPSA) is 237 Å². The summed E-state index contributed by atoms with van der Waals surface area (Å²) in [6.07, 6.45) is 96.0. The van der Waals surface area contributed by atoms with Crippen LogP contribution in [0.15, 0.2) is 182 Å². The van der Waals surface area contributed by atoms with E-state index in [4.69, 9.17) is 37.0 Å². The normalized spacial score (nSPS) is 14.8. The molecule has 0 bridgehead atoms. The molecule has 5 unspecified atom stereocenters. The maximum absolute atomic E-state index is 13.1. The van der Waals surface area contributed by atoms with Crippen molar-refractivity contribution in [2.45, 2.75) is 316 Å². The predicted molar refractivity (Wildman–Crippen MR) is 445 cm³/mol. The molecule has 19 heteroatoms. The van der Waals surface area contributed by atoms with Gasteiger partial charge in [-0.2, -0.15) is 0 Å². The Hall–Kier alpha value is -5.84. The van der Waals surface area contributed by atoms with Crippen LogP contribution in [-0.2, 0) is 65.4 Å². The number of allylic oxidation sites excluding steroid dienone is 30. The summed E-state index contributed by atoms with van der Waals surface area (Å²) in [5.41, 5.74) is 0. The fraction of sp³-hybridized carbons (Fsp3) is 0.618. The van der Waals surface area contributed by atoms with Gasteiger partial charge in [0.05, 0.1) is 26.4 Å². The van der Waals surface area contributed by atoms with Crippen molar-refractivity contribution in [3.8, 4) is 0 Å². The average molecular weight is 1550 g/mol. The van der Waals surface area contributed by atoms with Gasteiger partial charge in [0.25, 0.3) is 0 Å². The van der Waals surface area contributed by atoms with Crippen LogP contribution in [0.1, 0.15) is 297 Å². The van der Waals surface area contributed by atoms with Crippen LogP contribution in [-0.4, -0.2) is 96.7 Å². The molecule has 0 aromatic rings. The van der Waals surface area contributed by atoms with Crippen LogP contribution in [0.2, 0.25) is 0 Å². The third kappa shape index (κ3) is 78.3. The first kappa shape index (κ1) is 102. The second-order valence-electron chi connectivity index (χ2n) is 26.6. The summed E-state index contributed by atoms with van der Waals surface area (Å²) in [7, 11) is -10.0. The van der Waals surface area contributed by atoms with Crippen LogP contribution in [0.3, 0.4) is 0 Å². The summed E-state index contributed by atoms with van der Waals surface area (Å²) in [6.45, 7) is 4.42. The molecule has 0 spiro atoms. The Morgan fingerprint density at radius 3 is 0.861 bits per heavy atom. The summed E-state index contributed by atoms with van der Waals surface area (Å²) in [5.74, 6) is -2.38. The molecule has 0 radical (unpaired) electrons. The molecule has 5 atom stereocenters. The Labute approximate surface area is 654 Å². The number of aliphatic hydroxyl groups excluding tert-OH is 1. The van der Waals surface area contributed by atoms with E-state index < -0.39 is 97.5 Å². The lowest BCUT2D eigenvalue weighted by molar-refractivity contribution is -0.161. The number of aliphatic hydroxyl groups is 1. The molecular weight excluding hydrogens is 1400 g/mol. The van der Waals surface area contributed by atoms with E-state index in [1.165, 1.54) is 44.9 Å². The van der Waals surface area contributed by atoms with Crippen LogP contribution in [0, 0.1) is 0 Å². The van der Waals surface area contributed by atoms with Crippen molar-refractivity contribution in [1.29, 1.82) is 0 Å². The van der Waals surface area contributed by atoms with Gasteiger partial charge in [-0.05, 0) is 167 Å². The van der Waals surface area contributed by atoms with Crippen LogP contribution in [0.5, 0.6) is 0 Å². The van der Waals surface area contributed by atoms with Crippen LogP contribution >= 0.6 is 15.6 Å². The molecule has 0 fully saturated rings. The fourth-order valence-electron chi connectivity index (χ4n) is 10.2. The minimum Gasteiger partial charge on any atom is -0.462 e. The number of ether oxygens (including phenoxy) is 4. The van der Waals surface area contributed by atoms with Gasteiger partial charge in [-0.3, -0.25) is 37.3 Å². The van der Waals surface area contributed by atoms with Gasteiger partial charge in [-0.15, -0.1) is 0 Å². The lowest BCUT2D eigenvalue weighted by Gasteiger charge is -2.21. The maximum Gasteiger partial charge on any atom is 0.472 e. The first-order valence-corrected chi connectivity index (χ1v) is 44.0. The number of rotatable bonds is 75. The van der Waals surface area contributed by atoms with Gasteiger partial charge in [0.1, 0.15) is 19.3 Å². The molecule has 0 aromatic carbocycles. The van der Waals surface area contributed by atoms with Crippen LogP contribution in [0.4, 0.5) is 0 Å². The van der Waals surface area contributed by atoms with Crippen molar-refractivity contribution < 1.29 is 80.2 Å². The highest BCUT2D eigenvalue weighted by molar-refractivity contribution is 7.47. The van der Waals surface area contributed by atoms with E-state index in [2.05, 4.69) is 180 Å². The van der Waals surface area contributed by atoms with Gasteiger partial charge >= 0.3 is 39.5 Å². The van der Waals surface area contributed by atoms with Crippen molar-refractivity contribution in [2.24, 2.45) is 0 Å². The molecule has 0 heterocycles. The Morgan fingerprint density at radius 2 is 0.509 bits per heavy atom. The zero-order valence-corrected chi connectivity index (χ0v) is 68.7. The Kier molecular flexibility index (Phi) is 75.0. The molecule has 0 saturated heterocycles. The standard InChI is InChI=1S/C89H144O17P2/c1-5-9-13-17-21-25-29-33-36-39-41-44-46-50-53-57-61-65-69-73-86(91)99-79-84(105-88(93)75-71-67-63-59-55-49-32-28-24-20-16-12-8-4)81-103-107(95,96)101-77-83(90)78-102-108(97,98)104-82-85(106-89(94)76-72-68-64-60-56-52-48-43-38-35-31-27-23-19-15-11-7-3)80-100-87(92)74-70-66-62-58-54-51-47-45-42-40-37-34-30-26-22-18-14-10-6-2/h10-11,14-15,21-23,25-28,32-38,41-42,44-45,48,51-52,54,60,62,64,66,83-85,90H,5-9,12-13,16-20,24,29-31,39-40,43,46-47,49-50,53,55-59,61,63,65,67-82H2,1-4H3,(H,95,96)(H,97,98)/b14-10-,15-11-,25-21-,26-22-,27-23-,32-28-,36-33-,37-34-,38-35-,44-41-,45-42-,52-48-,54-51-,64-60-,66-62-. The van der Waals surface area contributed by atoms with E-state index in [1.807, 2.05) is 30.4 Å². The van der Waals surface area contributed by atoms with Crippen molar-refractivity contribution >= 4 is 39.5 Å². The number of phosphoric acid groups is 2. The number of phosphoric ester groups is 2. The van der Waals surface area contributed by atoms with Crippen LogP contribution in [0.25, 0.3) is 0 Å². The molecule has 0 rings (SSSR count). The minimum atomic E-state index is -5.02. The van der Waals surface area contributed by atoms with Gasteiger partial charge in [0.2, 0.25) is 0 Å². The van der Waals surface area contributed by atoms with Gasteiger partial charge in [0, 0.05) is 25.7 Å². The van der Waals surface area contributed by atoms with E-state index in [9.17, 15) is 43.2 Å². The van der Waals surface area contributed by atoms with E-state index in [1.54, 1.807) is 0 Å². The average Bonchev–Trinajstić information content (AvgIpc) is 0.886. The predicted octanol–water partition coefficient (Wildman–Crippen LogP) is 24.3. The summed E-state index contributed by atoms with van der Waals surface area (Å²) in [5, 5.41) is 10.7. The first-order chi connectivity index (χ1) is 52.7. The van der Waals surface area contributed by atoms with Crippen molar-refractivity contribution in [2.75, 3.05) is 39.6 Å². The highest BCUT2D eigenvalue weighted by Crippen LogP contribution is 2.45. The lowest BCUT2D eigenvalue weighted by atomic mass is 10.1. The van der Waals surface area contributed by atoms with Crippen molar-refractivity contribution in [3.63, 3.8) is 0 Å². The third-order valence-corrected chi connectivity index (χ3v) is 18.2. The van der Waals surface area contributed by atoms with Gasteiger partial charge in [-0.25, -0.2) is 9.13 Å². The fourth-order valence-corrected chi connectivity index (χ4v) is 11.7. The van der Waals surface area contributed by atoms with Crippen molar-refractivity contribution in [1.82, 2.24) is 0 Å². The summed E-state index contributed by atoms with van der Waals surface area (Å²) in [4.78, 5) is 73.1. The van der Waals surface area contributed by atoms with Gasteiger partial charge in [0.15, 0.2) is 12.2 Å². The third-order valence-electron chi connectivity index (χ3n) is 16.3. The highest BCUT2D eigenvalue weighted by Gasteiger charge is 2.30. The monoisotopic (exact) mass is 1550 g/mol. The second kappa shape index (κ2) is 79.3. The molecule has 0 saturated carbocycles. The summed E-state index contributed by atoms with van der Waals surface area (Å²) < 4.78 is 68.5. The molecule has 0 aromatic heterocycles. The highest BCUT2D eigenvalue weighted by atomic mass is 31.2. The molecule has 0 aliphatic carbocycles. The van der Waals surface area contributed by atoms with Crippen molar-refractivity contribution in [3.05, 3.63) is 182 Å². The summed E-state index contributed by atoms with van der Waals surface area (Å²) >= 11 is 0. The number of unbranched alkanes of at least 4 members (excludes halogenated alkanes) is 19. The van der Waals surface area contributed by atoms with Gasteiger partial charge < -0.3 is 33.8 Å². The molecule has 0 amide bonds. The largest absolute Gasteiger partial charge is 0.472 e. The van der Waals surface area contributed by atoms with E-state index in [-0.39, 0.29) is 25.7 Å². The molecule has 0 aliphatic rings. The SMILES string of the molecule is CC/C=C\C/C=C\C/C=C\C/C=C\C/C=C\C/C=C\CCC(=O)OCC(COP(=O)(O)OCC(O)COP(=O)(O)OCC(COC(=O)CCCCCCCC/C=C\C/C=C\C/C=C\CCCCC)OC(=O)CCCCCCC/C=C\CCCCCC)OC(=O)CCC/C=C\C/C=C\C/C=C\C/C=C\C/C=C\CC. The van der Waals surface area contributed by atoms with E-state index in [0.717, 1.165) is 161 Å². The zero-order valence-electron chi connectivity index (χ0n) is 66.9. The van der Waals surface area contributed by atoms with Gasteiger partial charge in [-0.1, -0.05) is 287 Å². The molecular formula is C89H144O17P2. The molecule has 0 aliphatic heterocycles. The summed E-state index contributed by atoms with van der Waals surface area (Å²) in [6, 6.07) is 0. The Balaban J connectivity index is 5.50. The molecule has 612 valence electrons. The first-order valence-electron chi connectivity index (χ1n) is 41.0. The van der Waals surface area contributed by atoms with E-state index in [0.29, 0.717) is 38.5 Å². The Bertz CT molecular complexity index is 2760. The molecule has 3 N–H and O–H groups in total. The number of carbonyl (C=O) groups excluding carboxylic acids is 4. The Morgan fingerprint density at radius 1 is 0.269 bits per heavy atom.